The smallest absolute Gasteiger partial charge is 0.164 e. The summed E-state index contributed by atoms with van der Waals surface area (Å²) in [7, 11) is 0. The Morgan fingerprint density at radius 1 is 0.698 bits per heavy atom. The van der Waals surface area contributed by atoms with E-state index in [2.05, 4.69) is 128 Å². The molecule has 0 saturated heterocycles. The molecule has 1 unspecified atom stereocenters. The van der Waals surface area contributed by atoms with Crippen molar-refractivity contribution in [3.63, 3.8) is 0 Å². The molecule has 208 valence electrons. The Morgan fingerprint density at radius 3 is 2.21 bits per heavy atom. The fourth-order valence-corrected chi connectivity index (χ4v) is 6.89. The van der Waals surface area contributed by atoms with Crippen molar-refractivity contribution < 1.29 is 0 Å². The van der Waals surface area contributed by atoms with Crippen LogP contribution in [0.1, 0.15) is 44.3 Å². The van der Waals surface area contributed by atoms with Crippen molar-refractivity contribution in [3.05, 3.63) is 138 Å². The highest BCUT2D eigenvalue weighted by molar-refractivity contribution is 6.01. The summed E-state index contributed by atoms with van der Waals surface area (Å²) in [4.78, 5) is 15.1. The molecule has 0 saturated carbocycles. The minimum atomic E-state index is -0.153. The van der Waals surface area contributed by atoms with E-state index in [0.717, 1.165) is 28.9 Å². The summed E-state index contributed by atoms with van der Waals surface area (Å²) in [5.41, 5.74) is 10.6. The minimum absolute atomic E-state index is 0.153. The third-order valence-corrected chi connectivity index (χ3v) is 8.93. The van der Waals surface area contributed by atoms with Crippen LogP contribution in [0.4, 0.5) is 0 Å². The summed E-state index contributed by atoms with van der Waals surface area (Å²) in [5, 5.41) is 1.26. The molecule has 8 rings (SSSR count). The van der Waals surface area contributed by atoms with Gasteiger partial charge < -0.3 is 4.57 Å². The highest BCUT2D eigenvalue weighted by Crippen LogP contribution is 2.51. The number of allylic oxidation sites excluding steroid dienone is 4. The molecular weight excluding hydrogens is 524 g/mol. The van der Waals surface area contributed by atoms with Crippen LogP contribution in [0.3, 0.4) is 0 Å². The van der Waals surface area contributed by atoms with Crippen molar-refractivity contribution >= 4 is 16.5 Å². The molecule has 4 heteroatoms. The molecule has 0 spiro atoms. The zero-order valence-electron chi connectivity index (χ0n) is 24.6. The lowest BCUT2D eigenvalue weighted by molar-refractivity contribution is 0.646. The second-order valence-electron chi connectivity index (χ2n) is 12.2. The molecule has 3 heterocycles. The molecule has 2 aliphatic rings. The van der Waals surface area contributed by atoms with Crippen molar-refractivity contribution in [3.8, 4) is 39.6 Å². The van der Waals surface area contributed by atoms with Gasteiger partial charge in [0.25, 0.3) is 0 Å². The van der Waals surface area contributed by atoms with Crippen LogP contribution in [0.2, 0.25) is 0 Å². The quantitative estimate of drug-likeness (QED) is 0.217. The van der Waals surface area contributed by atoms with E-state index >= 15 is 0 Å². The number of fused-ring (bicyclic) bond motifs is 5. The number of nitrogens with zero attached hydrogens (tertiary/aromatic N) is 4. The molecule has 6 aromatic rings. The third kappa shape index (κ3) is 4.09. The maximum absolute atomic E-state index is 5.08. The van der Waals surface area contributed by atoms with Crippen LogP contribution in [0.15, 0.2) is 121 Å². The molecule has 1 aliphatic carbocycles. The summed E-state index contributed by atoms with van der Waals surface area (Å²) >= 11 is 0. The van der Waals surface area contributed by atoms with Gasteiger partial charge in [-0.1, -0.05) is 124 Å². The van der Waals surface area contributed by atoms with E-state index < -0.39 is 0 Å². The molecule has 2 aromatic heterocycles. The molecule has 0 amide bonds. The van der Waals surface area contributed by atoms with Crippen molar-refractivity contribution in [1.82, 2.24) is 19.5 Å². The normalized spacial score (nSPS) is 16.6. The zero-order chi connectivity index (χ0) is 29.1. The molecular formula is C39H32N4. The van der Waals surface area contributed by atoms with Crippen molar-refractivity contribution in [2.24, 2.45) is 5.92 Å². The third-order valence-electron chi connectivity index (χ3n) is 8.93. The number of hydrogen-bond acceptors (Lipinski definition) is 3. The summed E-state index contributed by atoms with van der Waals surface area (Å²) < 4.78 is 2.46. The molecule has 1 aliphatic heterocycles. The second-order valence-corrected chi connectivity index (χ2v) is 12.2. The van der Waals surface area contributed by atoms with E-state index in [4.69, 9.17) is 15.0 Å². The van der Waals surface area contributed by atoms with Crippen LogP contribution < -0.4 is 0 Å². The lowest BCUT2D eigenvalue weighted by Gasteiger charge is -2.22. The van der Waals surface area contributed by atoms with Crippen LogP contribution >= 0.6 is 0 Å². The first kappa shape index (κ1) is 25.6. The van der Waals surface area contributed by atoms with Crippen LogP contribution in [0, 0.1) is 5.92 Å². The van der Waals surface area contributed by atoms with Crippen molar-refractivity contribution in [2.75, 3.05) is 0 Å². The van der Waals surface area contributed by atoms with Gasteiger partial charge in [0.15, 0.2) is 17.5 Å². The SMILES string of the molecule is CC1C=CC=C(c2nc(-c3ccccc3)nc(-c3cccc(-c4c5n(c6ccccc46)-c4ccccc4C5(C)C)c3)n2)C1. The summed E-state index contributed by atoms with van der Waals surface area (Å²) in [6.45, 7) is 6.91. The van der Waals surface area contributed by atoms with Crippen LogP contribution in [-0.4, -0.2) is 19.5 Å². The van der Waals surface area contributed by atoms with Gasteiger partial charge in [0.2, 0.25) is 0 Å². The van der Waals surface area contributed by atoms with Crippen molar-refractivity contribution in [1.29, 1.82) is 0 Å². The Kier molecular flexibility index (Phi) is 5.80. The molecule has 0 fully saturated rings. The first-order chi connectivity index (χ1) is 21.0. The molecule has 0 radical (unpaired) electrons. The summed E-state index contributed by atoms with van der Waals surface area (Å²) in [5.74, 6) is 2.58. The van der Waals surface area contributed by atoms with Crippen LogP contribution in [0.25, 0.3) is 56.1 Å². The standard InChI is InChI=1S/C39H32N4/c1-25-13-11-17-28(23-25)37-40-36(26-14-5-4-6-15-26)41-38(42-37)29-18-12-16-27(24-29)34-30-19-7-9-21-32(30)43-33-22-10-8-20-31(33)39(2,3)35(34)43/h4-22,24-25H,23H2,1-3H3. The minimum Gasteiger partial charge on any atom is -0.312 e. The maximum Gasteiger partial charge on any atom is 0.164 e. The fourth-order valence-electron chi connectivity index (χ4n) is 6.89. The van der Waals surface area contributed by atoms with E-state index in [1.807, 2.05) is 18.2 Å². The molecule has 4 aromatic carbocycles. The predicted molar refractivity (Wildman–Crippen MR) is 176 cm³/mol. The Morgan fingerprint density at radius 2 is 1.37 bits per heavy atom. The average molecular weight is 557 g/mol. The van der Waals surface area contributed by atoms with Crippen molar-refractivity contribution in [2.45, 2.75) is 32.6 Å². The average Bonchev–Trinajstić information content (AvgIpc) is 3.52. The molecule has 43 heavy (non-hydrogen) atoms. The molecule has 0 N–H and O–H groups in total. The van der Waals surface area contributed by atoms with Gasteiger partial charge in [0.05, 0.1) is 11.2 Å². The first-order valence-electron chi connectivity index (χ1n) is 15.0. The van der Waals surface area contributed by atoms with Gasteiger partial charge in [-0.25, -0.2) is 15.0 Å². The second kappa shape index (κ2) is 9.74. The largest absolute Gasteiger partial charge is 0.312 e. The number of aromatic nitrogens is 4. The first-order valence-corrected chi connectivity index (χ1v) is 15.0. The maximum atomic E-state index is 5.08. The lowest BCUT2D eigenvalue weighted by atomic mass is 9.80. The highest BCUT2D eigenvalue weighted by Gasteiger charge is 2.40. The van der Waals surface area contributed by atoms with E-state index in [1.54, 1.807) is 0 Å². The van der Waals surface area contributed by atoms with E-state index in [9.17, 15) is 0 Å². The molecule has 0 bridgehead atoms. The predicted octanol–water partition coefficient (Wildman–Crippen LogP) is 9.44. The van der Waals surface area contributed by atoms with Gasteiger partial charge >= 0.3 is 0 Å². The van der Waals surface area contributed by atoms with Gasteiger partial charge in [-0.05, 0) is 47.2 Å². The van der Waals surface area contributed by atoms with Gasteiger partial charge in [0.1, 0.15) is 0 Å². The lowest BCUT2D eigenvalue weighted by Crippen LogP contribution is -2.16. The number of benzene rings is 4. The van der Waals surface area contributed by atoms with Gasteiger partial charge in [-0.2, -0.15) is 0 Å². The Hall–Kier alpha value is -5.09. The number of rotatable bonds is 4. The Bertz CT molecular complexity index is 2100. The fraction of sp³-hybridized carbons (Fsp3) is 0.154. The molecule has 1 atom stereocenters. The van der Waals surface area contributed by atoms with Gasteiger partial charge in [-0.3, -0.25) is 0 Å². The number of para-hydroxylation sites is 2. The zero-order valence-corrected chi connectivity index (χ0v) is 24.6. The van der Waals surface area contributed by atoms with Gasteiger partial charge in [0, 0.05) is 33.2 Å². The monoisotopic (exact) mass is 556 g/mol. The van der Waals surface area contributed by atoms with E-state index in [-0.39, 0.29) is 5.41 Å². The van der Waals surface area contributed by atoms with Gasteiger partial charge in [-0.15, -0.1) is 0 Å². The highest BCUT2D eigenvalue weighted by atomic mass is 15.0. The summed E-state index contributed by atoms with van der Waals surface area (Å²) in [6.07, 6.45) is 7.40. The Labute approximate surface area is 252 Å². The molecule has 4 nitrogen and oxygen atoms in total. The van der Waals surface area contributed by atoms with Crippen LogP contribution in [0.5, 0.6) is 0 Å². The topological polar surface area (TPSA) is 43.6 Å². The van der Waals surface area contributed by atoms with E-state index in [1.165, 1.54) is 39.0 Å². The van der Waals surface area contributed by atoms with E-state index in [0.29, 0.717) is 17.6 Å². The summed E-state index contributed by atoms with van der Waals surface area (Å²) in [6, 6.07) is 36.5. The number of hydrogen-bond donors (Lipinski definition) is 0. The Balaban J connectivity index is 1.33. The van der Waals surface area contributed by atoms with Crippen LogP contribution in [-0.2, 0) is 5.41 Å².